The van der Waals surface area contributed by atoms with Gasteiger partial charge >= 0.3 is 0 Å². The van der Waals surface area contributed by atoms with Crippen molar-refractivity contribution in [3.8, 4) is 11.5 Å². The molecule has 29 heavy (non-hydrogen) atoms. The van der Waals surface area contributed by atoms with Gasteiger partial charge in [0.25, 0.3) is 0 Å². The van der Waals surface area contributed by atoms with E-state index in [1.807, 2.05) is 75.4 Å². The molecule has 0 amide bonds. The van der Waals surface area contributed by atoms with Crippen LogP contribution in [0.5, 0.6) is 11.5 Å². The molecule has 3 nitrogen and oxygen atoms in total. The fourth-order valence-electron chi connectivity index (χ4n) is 3.02. The highest BCUT2D eigenvalue weighted by Gasteiger charge is 2.07. The third-order valence-corrected chi connectivity index (χ3v) is 4.79. The molecule has 3 heteroatoms. The fraction of sp³-hybridized carbons (Fsp3) is 0.192. The molecule has 148 valence electrons. The van der Waals surface area contributed by atoms with Gasteiger partial charge in [-0.2, -0.15) is 0 Å². The van der Waals surface area contributed by atoms with Gasteiger partial charge in [-0.1, -0.05) is 54.1 Å². The van der Waals surface area contributed by atoms with Gasteiger partial charge in [-0.3, -0.25) is 4.79 Å². The first-order valence-corrected chi connectivity index (χ1v) is 9.62. The number of carbonyl (C=O) groups is 1. The van der Waals surface area contributed by atoms with Crippen LogP contribution in [0.25, 0.3) is 6.08 Å². The lowest BCUT2D eigenvalue weighted by atomic mass is 10.1. The number of methoxy groups -OCH3 is 1. The molecule has 0 aliphatic carbocycles. The zero-order chi connectivity index (χ0) is 20.8. The Hall–Kier alpha value is -3.33. The molecule has 0 atom stereocenters. The van der Waals surface area contributed by atoms with E-state index in [1.54, 1.807) is 13.2 Å². The van der Waals surface area contributed by atoms with E-state index in [4.69, 9.17) is 9.47 Å². The molecule has 0 spiro atoms. The zero-order valence-corrected chi connectivity index (χ0v) is 17.4. The number of rotatable bonds is 7. The second-order valence-electron chi connectivity index (χ2n) is 7.19. The van der Waals surface area contributed by atoms with Crippen LogP contribution in [0.1, 0.15) is 38.2 Å². The molecule has 0 fully saturated rings. The van der Waals surface area contributed by atoms with Crippen LogP contribution in [-0.2, 0) is 6.61 Å². The number of hydrogen-bond donors (Lipinski definition) is 0. The van der Waals surface area contributed by atoms with Gasteiger partial charge in [0, 0.05) is 11.1 Å². The van der Waals surface area contributed by atoms with Crippen molar-refractivity contribution in [2.24, 2.45) is 0 Å². The van der Waals surface area contributed by atoms with E-state index in [2.05, 4.69) is 12.1 Å². The average molecular weight is 386 g/mol. The Morgan fingerprint density at radius 2 is 1.59 bits per heavy atom. The lowest BCUT2D eigenvalue weighted by molar-refractivity contribution is 0.104. The van der Waals surface area contributed by atoms with Crippen LogP contribution in [0.3, 0.4) is 0 Å². The number of ether oxygens (including phenoxy) is 2. The van der Waals surface area contributed by atoms with Crippen molar-refractivity contribution < 1.29 is 14.3 Å². The van der Waals surface area contributed by atoms with Crippen molar-refractivity contribution in [3.63, 3.8) is 0 Å². The van der Waals surface area contributed by atoms with E-state index in [0.29, 0.717) is 12.2 Å². The molecule has 0 saturated carbocycles. The first-order valence-electron chi connectivity index (χ1n) is 9.62. The van der Waals surface area contributed by atoms with Crippen LogP contribution in [-0.4, -0.2) is 12.9 Å². The van der Waals surface area contributed by atoms with Crippen molar-refractivity contribution in [1.29, 1.82) is 0 Å². The largest absolute Gasteiger partial charge is 0.496 e. The predicted molar refractivity (Wildman–Crippen MR) is 118 cm³/mol. The summed E-state index contributed by atoms with van der Waals surface area (Å²) in [4.78, 5) is 12.4. The SMILES string of the molecule is COc1ccc(/C=C/C(=O)c2ccc(C)cc2)cc1COc1cc(C)ccc1C. The van der Waals surface area contributed by atoms with Crippen molar-refractivity contribution in [2.75, 3.05) is 7.11 Å². The van der Waals surface area contributed by atoms with E-state index < -0.39 is 0 Å². The maximum atomic E-state index is 12.4. The highest BCUT2D eigenvalue weighted by atomic mass is 16.5. The molecule has 0 unspecified atom stereocenters. The molecule has 0 heterocycles. The normalized spacial score (nSPS) is 10.9. The number of aryl methyl sites for hydroxylation is 3. The Morgan fingerprint density at radius 1 is 0.862 bits per heavy atom. The summed E-state index contributed by atoms with van der Waals surface area (Å²) < 4.78 is 11.5. The van der Waals surface area contributed by atoms with Crippen LogP contribution in [0, 0.1) is 20.8 Å². The number of carbonyl (C=O) groups excluding carboxylic acids is 1. The number of benzene rings is 3. The Balaban J connectivity index is 1.76. The standard InChI is InChI=1S/C26H26O3/c1-18-6-11-22(12-7-18)24(27)13-9-21-10-14-25(28-4)23(16-21)17-29-26-15-19(2)5-8-20(26)3/h5-16H,17H2,1-4H3/b13-9+. The van der Waals surface area contributed by atoms with Gasteiger partial charge in [0.1, 0.15) is 18.1 Å². The third kappa shape index (κ3) is 5.35. The second kappa shape index (κ2) is 9.24. The molecule has 0 N–H and O–H groups in total. The van der Waals surface area contributed by atoms with Gasteiger partial charge < -0.3 is 9.47 Å². The van der Waals surface area contributed by atoms with Crippen LogP contribution in [0.4, 0.5) is 0 Å². The quantitative estimate of drug-likeness (QED) is 0.364. The Labute approximate surface area is 172 Å². The second-order valence-corrected chi connectivity index (χ2v) is 7.19. The summed E-state index contributed by atoms with van der Waals surface area (Å²) >= 11 is 0. The molecule has 0 saturated heterocycles. The maximum Gasteiger partial charge on any atom is 0.185 e. The fourth-order valence-corrected chi connectivity index (χ4v) is 3.02. The number of allylic oxidation sites excluding steroid dienone is 1. The lowest BCUT2D eigenvalue weighted by Gasteiger charge is -2.13. The summed E-state index contributed by atoms with van der Waals surface area (Å²) in [5.41, 5.74) is 5.91. The maximum absolute atomic E-state index is 12.4. The molecule has 0 radical (unpaired) electrons. The van der Waals surface area contributed by atoms with E-state index in [0.717, 1.165) is 39.3 Å². The minimum Gasteiger partial charge on any atom is -0.496 e. The third-order valence-electron chi connectivity index (χ3n) is 4.79. The smallest absolute Gasteiger partial charge is 0.185 e. The Morgan fingerprint density at radius 3 is 2.31 bits per heavy atom. The minimum absolute atomic E-state index is 0.0194. The summed E-state index contributed by atoms with van der Waals surface area (Å²) in [5.74, 6) is 1.61. The van der Waals surface area contributed by atoms with Gasteiger partial charge in [0.2, 0.25) is 0 Å². The van der Waals surface area contributed by atoms with Gasteiger partial charge in [0.05, 0.1) is 7.11 Å². The Bertz CT molecular complexity index is 1030. The zero-order valence-electron chi connectivity index (χ0n) is 17.4. The van der Waals surface area contributed by atoms with Gasteiger partial charge in [-0.05, 0) is 61.7 Å². The summed E-state index contributed by atoms with van der Waals surface area (Å²) in [5, 5.41) is 0. The first-order chi connectivity index (χ1) is 14.0. The first kappa shape index (κ1) is 20.4. The van der Waals surface area contributed by atoms with Gasteiger partial charge in [-0.25, -0.2) is 0 Å². The van der Waals surface area contributed by atoms with E-state index in [1.165, 1.54) is 0 Å². The topological polar surface area (TPSA) is 35.5 Å². The molecule has 0 bridgehead atoms. The van der Waals surface area contributed by atoms with Crippen molar-refractivity contribution in [2.45, 2.75) is 27.4 Å². The highest BCUT2D eigenvalue weighted by Crippen LogP contribution is 2.25. The van der Waals surface area contributed by atoms with Crippen LogP contribution in [0.15, 0.2) is 66.7 Å². The van der Waals surface area contributed by atoms with Crippen molar-refractivity contribution in [3.05, 3.63) is 100 Å². The van der Waals surface area contributed by atoms with Crippen LogP contribution in [0.2, 0.25) is 0 Å². The predicted octanol–water partition coefficient (Wildman–Crippen LogP) is 6.10. The molecule has 0 aliphatic heterocycles. The summed E-state index contributed by atoms with van der Waals surface area (Å²) in [6, 6.07) is 19.6. The molecule has 0 aliphatic rings. The number of hydrogen-bond acceptors (Lipinski definition) is 3. The Kier molecular flexibility index (Phi) is 6.50. The monoisotopic (exact) mass is 386 g/mol. The van der Waals surface area contributed by atoms with E-state index >= 15 is 0 Å². The van der Waals surface area contributed by atoms with Crippen LogP contribution < -0.4 is 9.47 Å². The summed E-state index contributed by atoms with van der Waals surface area (Å²) in [7, 11) is 1.65. The van der Waals surface area contributed by atoms with Gasteiger partial charge in [-0.15, -0.1) is 0 Å². The van der Waals surface area contributed by atoms with Crippen LogP contribution >= 0.6 is 0 Å². The molecule has 0 aromatic heterocycles. The number of ketones is 1. The summed E-state index contributed by atoms with van der Waals surface area (Å²) in [6.45, 7) is 6.47. The van der Waals surface area contributed by atoms with Crippen molar-refractivity contribution >= 4 is 11.9 Å². The lowest BCUT2D eigenvalue weighted by Crippen LogP contribution is -2.01. The van der Waals surface area contributed by atoms with Gasteiger partial charge in [0.15, 0.2) is 5.78 Å². The van der Waals surface area contributed by atoms with E-state index in [-0.39, 0.29) is 5.78 Å². The minimum atomic E-state index is -0.0194. The summed E-state index contributed by atoms with van der Waals surface area (Å²) in [6.07, 6.45) is 3.42. The molecular formula is C26H26O3. The van der Waals surface area contributed by atoms with Crippen molar-refractivity contribution in [1.82, 2.24) is 0 Å². The highest BCUT2D eigenvalue weighted by molar-refractivity contribution is 6.06. The molecule has 3 rings (SSSR count). The van der Waals surface area contributed by atoms with E-state index in [9.17, 15) is 4.79 Å². The molecule has 3 aromatic carbocycles. The molecular weight excluding hydrogens is 360 g/mol. The average Bonchev–Trinajstić information content (AvgIpc) is 2.73. The molecule has 3 aromatic rings.